The minimum absolute atomic E-state index is 0.0318. The zero-order chi connectivity index (χ0) is 17.6. The summed E-state index contributed by atoms with van der Waals surface area (Å²) in [5, 5.41) is 5.71. The van der Waals surface area contributed by atoms with Gasteiger partial charge in [-0.05, 0) is 37.3 Å². The van der Waals surface area contributed by atoms with Crippen LogP contribution < -0.4 is 10.6 Å². The molecule has 0 aliphatic carbocycles. The Hall–Kier alpha value is -3.48. The normalized spacial score (nSPS) is 10.3. The zero-order valence-corrected chi connectivity index (χ0v) is 13.5. The van der Waals surface area contributed by atoms with E-state index in [0.29, 0.717) is 17.0 Å². The van der Waals surface area contributed by atoms with E-state index in [0.717, 1.165) is 0 Å². The predicted octanol–water partition coefficient (Wildman–Crippen LogP) is 2.95. The number of Topliss-reactive ketones (excluding diaryl/α,β-unsaturated/α-hetero) is 1. The van der Waals surface area contributed by atoms with E-state index in [4.69, 9.17) is 4.42 Å². The fraction of sp³-hybridized carbons (Fsp3) is 0.111. The molecule has 2 heterocycles. The lowest BCUT2D eigenvalue weighted by Crippen LogP contribution is -2.23. The number of amides is 1. The summed E-state index contributed by atoms with van der Waals surface area (Å²) in [5.41, 5.74) is 1.48. The summed E-state index contributed by atoms with van der Waals surface area (Å²) in [4.78, 5) is 31.9. The molecule has 0 unspecified atom stereocenters. The van der Waals surface area contributed by atoms with Gasteiger partial charge in [0, 0.05) is 17.4 Å². The van der Waals surface area contributed by atoms with Crippen molar-refractivity contribution in [2.75, 3.05) is 5.32 Å². The van der Waals surface area contributed by atoms with E-state index in [2.05, 4.69) is 20.6 Å². The molecule has 7 nitrogen and oxygen atoms in total. The van der Waals surface area contributed by atoms with Gasteiger partial charge >= 0.3 is 0 Å². The number of ketones is 1. The van der Waals surface area contributed by atoms with Crippen LogP contribution >= 0.6 is 0 Å². The van der Waals surface area contributed by atoms with Crippen LogP contribution in [-0.2, 0) is 6.54 Å². The van der Waals surface area contributed by atoms with Crippen molar-refractivity contribution >= 4 is 23.3 Å². The van der Waals surface area contributed by atoms with Gasteiger partial charge in [-0.25, -0.2) is 9.97 Å². The number of benzene rings is 1. The third-order valence-electron chi connectivity index (χ3n) is 3.42. The molecule has 1 amide bonds. The molecule has 0 aliphatic heterocycles. The lowest BCUT2D eigenvalue weighted by molar-refractivity contribution is 0.0942. The second kappa shape index (κ2) is 7.39. The van der Waals surface area contributed by atoms with Crippen LogP contribution in [0.15, 0.2) is 59.3 Å². The summed E-state index contributed by atoms with van der Waals surface area (Å²) in [7, 11) is 0. The highest BCUT2D eigenvalue weighted by atomic mass is 16.3. The molecule has 0 spiro atoms. The van der Waals surface area contributed by atoms with E-state index in [1.54, 1.807) is 42.7 Å². The lowest BCUT2D eigenvalue weighted by Gasteiger charge is -2.07. The summed E-state index contributed by atoms with van der Waals surface area (Å²) < 4.78 is 5.17. The monoisotopic (exact) mass is 336 g/mol. The predicted molar refractivity (Wildman–Crippen MR) is 91.6 cm³/mol. The molecule has 0 atom stereocenters. The molecule has 0 radical (unpaired) electrons. The Bertz CT molecular complexity index is 891. The number of carbonyl (C=O) groups excluding carboxylic acids is 2. The average Bonchev–Trinajstić information content (AvgIpc) is 3.13. The van der Waals surface area contributed by atoms with E-state index >= 15 is 0 Å². The Kier molecular flexibility index (Phi) is 4.84. The van der Waals surface area contributed by atoms with Crippen molar-refractivity contribution in [3.63, 3.8) is 0 Å². The number of anilines is 2. The van der Waals surface area contributed by atoms with Crippen LogP contribution in [-0.4, -0.2) is 21.7 Å². The minimum Gasteiger partial charge on any atom is -0.467 e. The summed E-state index contributed by atoms with van der Waals surface area (Å²) in [6, 6.07) is 12.0. The Morgan fingerprint density at radius 2 is 2.04 bits per heavy atom. The first-order valence-corrected chi connectivity index (χ1v) is 7.63. The first kappa shape index (κ1) is 16.4. The van der Waals surface area contributed by atoms with E-state index in [1.165, 1.54) is 19.2 Å². The van der Waals surface area contributed by atoms with Gasteiger partial charge in [-0.3, -0.25) is 9.59 Å². The minimum atomic E-state index is -0.334. The molecule has 126 valence electrons. The van der Waals surface area contributed by atoms with Gasteiger partial charge in [-0.2, -0.15) is 0 Å². The van der Waals surface area contributed by atoms with Gasteiger partial charge in [0.1, 0.15) is 11.5 Å². The maximum atomic E-state index is 12.2. The topological polar surface area (TPSA) is 97.1 Å². The molecule has 0 saturated heterocycles. The lowest BCUT2D eigenvalue weighted by atomic mass is 10.1. The van der Waals surface area contributed by atoms with Crippen molar-refractivity contribution in [3.8, 4) is 0 Å². The maximum Gasteiger partial charge on any atom is 0.270 e. The molecule has 2 N–H and O–H groups in total. The van der Waals surface area contributed by atoms with Gasteiger partial charge < -0.3 is 15.1 Å². The number of rotatable bonds is 6. The van der Waals surface area contributed by atoms with Crippen molar-refractivity contribution < 1.29 is 14.0 Å². The third kappa shape index (κ3) is 4.29. The second-order valence-corrected chi connectivity index (χ2v) is 5.29. The van der Waals surface area contributed by atoms with Crippen LogP contribution in [0.2, 0.25) is 0 Å². The molecule has 0 fully saturated rings. The van der Waals surface area contributed by atoms with Gasteiger partial charge in [0.15, 0.2) is 5.78 Å². The van der Waals surface area contributed by atoms with Crippen molar-refractivity contribution in [2.24, 2.45) is 0 Å². The Morgan fingerprint density at radius 1 is 1.16 bits per heavy atom. The average molecular weight is 336 g/mol. The quantitative estimate of drug-likeness (QED) is 0.672. The Balaban J connectivity index is 1.69. The smallest absolute Gasteiger partial charge is 0.270 e. The van der Waals surface area contributed by atoms with Crippen molar-refractivity contribution in [1.29, 1.82) is 0 Å². The van der Waals surface area contributed by atoms with Gasteiger partial charge in [-0.1, -0.05) is 12.1 Å². The SMILES string of the molecule is CC(=O)c1cccc(Nc2nccc(C(=O)NCc3ccco3)n2)c1. The van der Waals surface area contributed by atoms with Gasteiger partial charge in [0.05, 0.1) is 12.8 Å². The first-order chi connectivity index (χ1) is 12.1. The van der Waals surface area contributed by atoms with E-state index < -0.39 is 0 Å². The molecule has 0 bridgehead atoms. The molecule has 0 saturated carbocycles. The summed E-state index contributed by atoms with van der Waals surface area (Å²) in [6.45, 7) is 1.78. The number of carbonyl (C=O) groups is 2. The molecule has 2 aromatic heterocycles. The number of hydrogen-bond donors (Lipinski definition) is 2. The molecule has 0 aliphatic rings. The maximum absolute atomic E-state index is 12.2. The highest BCUT2D eigenvalue weighted by Gasteiger charge is 2.10. The molecule has 7 heteroatoms. The first-order valence-electron chi connectivity index (χ1n) is 7.63. The van der Waals surface area contributed by atoms with Crippen LogP contribution in [0.1, 0.15) is 33.5 Å². The molecule has 1 aromatic carbocycles. The molecular formula is C18H16N4O3. The Labute approximate surface area is 144 Å². The number of nitrogens with one attached hydrogen (secondary N) is 2. The van der Waals surface area contributed by atoms with Crippen LogP contribution in [0, 0.1) is 0 Å². The summed E-state index contributed by atoms with van der Waals surface area (Å²) in [5.74, 6) is 0.558. The molecule has 25 heavy (non-hydrogen) atoms. The second-order valence-electron chi connectivity index (χ2n) is 5.29. The number of furan rings is 1. The molecule has 3 aromatic rings. The van der Waals surface area contributed by atoms with Crippen LogP contribution in [0.3, 0.4) is 0 Å². The van der Waals surface area contributed by atoms with Crippen LogP contribution in [0.4, 0.5) is 11.6 Å². The third-order valence-corrected chi connectivity index (χ3v) is 3.42. The summed E-state index contributed by atoms with van der Waals surface area (Å²) in [6.07, 6.45) is 3.04. The summed E-state index contributed by atoms with van der Waals surface area (Å²) >= 11 is 0. The zero-order valence-electron chi connectivity index (χ0n) is 13.5. The van der Waals surface area contributed by atoms with Gasteiger partial charge in [0.25, 0.3) is 5.91 Å². The fourth-order valence-corrected chi connectivity index (χ4v) is 2.16. The van der Waals surface area contributed by atoms with Crippen molar-refractivity contribution in [2.45, 2.75) is 13.5 Å². The molecular weight excluding hydrogens is 320 g/mol. The van der Waals surface area contributed by atoms with Gasteiger partial charge in [-0.15, -0.1) is 0 Å². The van der Waals surface area contributed by atoms with Crippen molar-refractivity contribution in [1.82, 2.24) is 15.3 Å². The van der Waals surface area contributed by atoms with Crippen LogP contribution in [0.5, 0.6) is 0 Å². The van der Waals surface area contributed by atoms with E-state index in [-0.39, 0.29) is 29.9 Å². The standard InChI is InChI=1S/C18H16N4O3/c1-12(23)13-4-2-5-14(10-13)21-18-19-8-7-16(22-18)17(24)20-11-15-6-3-9-25-15/h2-10H,11H2,1H3,(H,20,24)(H,19,21,22). The van der Waals surface area contributed by atoms with Crippen molar-refractivity contribution in [3.05, 3.63) is 71.9 Å². The number of hydrogen-bond acceptors (Lipinski definition) is 6. The highest BCUT2D eigenvalue weighted by molar-refractivity contribution is 5.95. The van der Waals surface area contributed by atoms with Crippen LogP contribution in [0.25, 0.3) is 0 Å². The number of nitrogens with zero attached hydrogens (tertiary/aromatic N) is 2. The Morgan fingerprint density at radius 3 is 2.80 bits per heavy atom. The fourth-order valence-electron chi connectivity index (χ4n) is 2.16. The van der Waals surface area contributed by atoms with Gasteiger partial charge in [0.2, 0.25) is 5.95 Å². The van der Waals surface area contributed by atoms with E-state index in [1.807, 2.05) is 0 Å². The molecule has 3 rings (SSSR count). The van der Waals surface area contributed by atoms with E-state index in [9.17, 15) is 9.59 Å². The number of aromatic nitrogens is 2. The highest BCUT2D eigenvalue weighted by Crippen LogP contribution is 2.15. The largest absolute Gasteiger partial charge is 0.467 e.